The molecule has 2 aromatic carbocycles. The standard InChI is InChI=1S/C23H21ClN4O2/c1-13(22(29)25-21-11-20(26-27-21)14-6-7-14)17-9-8-16(10-19(17)24)28-12-15-4-2-3-5-18(15)23(28)30/h2-5,8-11,13-14H,6-7,12H2,1H3,(H2,25,26,27,29). The molecule has 1 atom stereocenters. The Labute approximate surface area is 179 Å². The average Bonchev–Trinajstić information content (AvgIpc) is 3.41. The Kier molecular flexibility index (Phi) is 4.59. The third kappa shape index (κ3) is 3.37. The molecule has 1 saturated carbocycles. The number of nitrogens with one attached hydrogen (secondary N) is 2. The van der Waals surface area contributed by atoms with E-state index in [1.807, 2.05) is 49.4 Å². The van der Waals surface area contributed by atoms with Gasteiger partial charge in [-0.15, -0.1) is 0 Å². The number of benzene rings is 2. The number of aromatic amines is 1. The largest absolute Gasteiger partial charge is 0.309 e. The van der Waals surface area contributed by atoms with E-state index in [1.54, 1.807) is 11.0 Å². The van der Waals surface area contributed by atoms with Gasteiger partial charge in [0.15, 0.2) is 5.82 Å². The van der Waals surface area contributed by atoms with E-state index in [0.29, 0.717) is 28.9 Å². The summed E-state index contributed by atoms with van der Waals surface area (Å²) in [6, 6.07) is 14.9. The second-order valence-electron chi connectivity index (χ2n) is 7.95. The predicted octanol–water partition coefficient (Wildman–Crippen LogP) is 4.84. The Morgan fingerprint density at radius 3 is 2.77 bits per heavy atom. The Bertz CT molecular complexity index is 1150. The molecule has 1 aliphatic heterocycles. The van der Waals surface area contributed by atoms with Crippen LogP contribution in [0.3, 0.4) is 0 Å². The van der Waals surface area contributed by atoms with E-state index in [1.165, 1.54) is 12.8 Å². The van der Waals surface area contributed by atoms with Gasteiger partial charge >= 0.3 is 0 Å². The van der Waals surface area contributed by atoms with Gasteiger partial charge in [-0.2, -0.15) is 5.10 Å². The van der Waals surface area contributed by atoms with Gasteiger partial charge in [0.2, 0.25) is 5.91 Å². The molecule has 7 heteroatoms. The highest BCUT2D eigenvalue weighted by Crippen LogP contribution is 2.39. The van der Waals surface area contributed by atoms with Crippen molar-refractivity contribution >= 4 is 34.9 Å². The number of carbonyl (C=O) groups excluding carboxylic acids is 2. The van der Waals surface area contributed by atoms with Crippen LogP contribution in [0.25, 0.3) is 0 Å². The molecule has 0 radical (unpaired) electrons. The first-order chi connectivity index (χ1) is 14.5. The summed E-state index contributed by atoms with van der Waals surface area (Å²) in [7, 11) is 0. The van der Waals surface area contributed by atoms with Crippen molar-refractivity contribution in [2.75, 3.05) is 10.2 Å². The van der Waals surface area contributed by atoms with Gasteiger partial charge in [-0.1, -0.05) is 35.9 Å². The lowest BCUT2D eigenvalue weighted by Crippen LogP contribution is -2.23. The summed E-state index contributed by atoms with van der Waals surface area (Å²) in [5.74, 6) is 0.399. The number of halogens is 1. The molecule has 2 N–H and O–H groups in total. The normalized spacial score (nSPS) is 16.5. The minimum Gasteiger partial charge on any atom is -0.309 e. The first-order valence-electron chi connectivity index (χ1n) is 10.1. The zero-order chi connectivity index (χ0) is 20.8. The van der Waals surface area contributed by atoms with E-state index >= 15 is 0 Å². The molecule has 2 amide bonds. The van der Waals surface area contributed by atoms with Crippen LogP contribution in [0.15, 0.2) is 48.5 Å². The summed E-state index contributed by atoms with van der Waals surface area (Å²) in [6.07, 6.45) is 2.33. The van der Waals surface area contributed by atoms with E-state index in [2.05, 4.69) is 15.5 Å². The predicted molar refractivity (Wildman–Crippen MR) is 116 cm³/mol. The second kappa shape index (κ2) is 7.29. The molecule has 3 aromatic rings. The van der Waals surface area contributed by atoms with Crippen molar-refractivity contribution in [1.29, 1.82) is 0 Å². The van der Waals surface area contributed by atoms with E-state index in [0.717, 1.165) is 22.5 Å². The highest BCUT2D eigenvalue weighted by molar-refractivity contribution is 6.32. The van der Waals surface area contributed by atoms with Crippen molar-refractivity contribution < 1.29 is 9.59 Å². The lowest BCUT2D eigenvalue weighted by atomic mass is 9.99. The van der Waals surface area contributed by atoms with Crippen LogP contribution in [0.4, 0.5) is 11.5 Å². The third-order valence-electron chi connectivity index (χ3n) is 5.84. The van der Waals surface area contributed by atoms with Crippen molar-refractivity contribution in [3.8, 4) is 0 Å². The quantitative estimate of drug-likeness (QED) is 0.619. The summed E-state index contributed by atoms with van der Waals surface area (Å²) < 4.78 is 0. The maximum atomic E-state index is 12.7. The molecular formula is C23H21ClN4O2. The number of fused-ring (bicyclic) bond motifs is 1. The molecule has 0 saturated heterocycles. The molecular weight excluding hydrogens is 400 g/mol. The number of hydrogen-bond acceptors (Lipinski definition) is 3. The van der Waals surface area contributed by atoms with Crippen LogP contribution in [-0.2, 0) is 11.3 Å². The number of amides is 2. The minimum atomic E-state index is -0.459. The Morgan fingerprint density at radius 2 is 2.03 bits per heavy atom. The molecule has 2 aliphatic rings. The fraction of sp³-hybridized carbons (Fsp3) is 0.261. The minimum absolute atomic E-state index is 0.0368. The molecule has 2 heterocycles. The third-order valence-corrected chi connectivity index (χ3v) is 6.17. The molecule has 152 valence electrons. The fourth-order valence-corrected chi connectivity index (χ4v) is 4.22. The van der Waals surface area contributed by atoms with Crippen LogP contribution >= 0.6 is 11.6 Å². The first-order valence-corrected chi connectivity index (χ1v) is 10.4. The van der Waals surface area contributed by atoms with Crippen LogP contribution in [0.5, 0.6) is 0 Å². The summed E-state index contributed by atoms with van der Waals surface area (Å²) >= 11 is 6.52. The van der Waals surface area contributed by atoms with E-state index in [4.69, 9.17) is 11.6 Å². The Hall–Kier alpha value is -3.12. The smallest absolute Gasteiger partial charge is 0.258 e. The van der Waals surface area contributed by atoms with Crippen LogP contribution in [0.2, 0.25) is 5.02 Å². The van der Waals surface area contributed by atoms with Gasteiger partial charge < -0.3 is 10.2 Å². The molecule has 1 aromatic heterocycles. The van der Waals surface area contributed by atoms with Gasteiger partial charge in [0, 0.05) is 34.0 Å². The monoisotopic (exact) mass is 420 g/mol. The van der Waals surface area contributed by atoms with Gasteiger partial charge in [-0.05, 0) is 49.1 Å². The molecule has 1 unspecified atom stereocenters. The number of nitrogens with zero attached hydrogens (tertiary/aromatic N) is 2. The number of rotatable bonds is 5. The van der Waals surface area contributed by atoms with Crippen molar-refractivity contribution in [2.24, 2.45) is 0 Å². The van der Waals surface area contributed by atoms with E-state index in [9.17, 15) is 9.59 Å². The van der Waals surface area contributed by atoms with E-state index in [-0.39, 0.29) is 11.8 Å². The lowest BCUT2D eigenvalue weighted by molar-refractivity contribution is -0.117. The van der Waals surface area contributed by atoms with Gasteiger partial charge in [0.05, 0.1) is 12.5 Å². The SMILES string of the molecule is CC(C(=O)Nc1cc(C2CC2)[nH]n1)c1ccc(N2Cc3ccccc3C2=O)cc1Cl. The zero-order valence-electron chi connectivity index (χ0n) is 16.5. The number of anilines is 2. The lowest BCUT2D eigenvalue weighted by Gasteiger charge is -2.19. The molecule has 0 spiro atoms. The van der Waals surface area contributed by atoms with Crippen LogP contribution < -0.4 is 10.2 Å². The topological polar surface area (TPSA) is 78.1 Å². The fourth-order valence-electron chi connectivity index (χ4n) is 3.88. The van der Waals surface area contributed by atoms with Gasteiger partial charge in [0.1, 0.15) is 0 Å². The molecule has 1 fully saturated rings. The molecule has 30 heavy (non-hydrogen) atoms. The summed E-state index contributed by atoms with van der Waals surface area (Å²) in [4.78, 5) is 27.1. The van der Waals surface area contributed by atoms with Gasteiger partial charge in [-0.25, -0.2) is 0 Å². The van der Waals surface area contributed by atoms with Crippen molar-refractivity contribution in [3.63, 3.8) is 0 Å². The summed E-state index contributed by atoms with van der Waals surface area (Å²) in [5.41, 5.74) is 4.21. The van der Waals surface area contributed by atoms with Crippen LogP contribution in [0, 0.1) is 0 Å². The number of aromatic nitrogens is 2. The molecule has 6 nitrogen and oxygen atoms in total. The van der Waals surface area contributed by atoms with Crippen molar-refractivity contribution in [3.05, 3.63) is 75.9 Å². The summed E-state index contributed by atoms with van der Waals surface area (Å²) in [6.45, 7) is 2.32. The maximum absolute atomic E-state index is 12.7. The van der Waals surface area contributed by atoms with Crippen molar-refractivity contribution in [2.45, 2.75) is 38.1 Å². The Balaban J connectivity index is 1.31. The molecule has 0 bridgehead atoms. The number of carbonyl (C=O) groups is 2. The van der Waals surface area contributed by atoms with Gasteiger partial charge in [-0.3, -0.25) is 14.7 Å². The highest BCUT2D eigenvalue weighted by atomic mass is 35.5. The highest BCUT2D eigenvalue weighted by Gasteiger charge is 2.29. The number of H-pyrrole nitrogens is 1. The number of hydrogen-bond donors (Lipinski definition) is 2. The maximum Gasteiger partial charge on any atom is 0.258 e. The first kappa shape index (κ1) is 18.9. The summed E-state index contributed by atoms with van der Waals surface area (Å²) in [5, 5.41) is 10.5. The second-order valence-corrected chi connectivity index (χ2v) is 8.36. The van der Waals surface area contributed by atoms with Crippen LogP contribution in [0.1, 0.15) is 58.8 Å². The zero-order valence-corrected chi connectivity index (χ0v) is 17.2. The Morgan fingerprint density at radius 1 is 1.23 bits per heavy atom. The van der Waals surface area contributed by atoms with E-state index < -0.39 is 5.92 Å². The molecule has 1 aliphatic carbocycles. The van der Waals surface area contributed by atoms with Crippen LogP contribution in [-0.4, -0.2) is 22.0 Å². The molecule has 5 rings (SSSR count). The van der Waals surface area contributed by atoms with Gasteiger partial charge in [0.25, 0.3) is 5.91 Å². The average molecular weight is 421 g/mol. The van der Waals surface area contributed by atoms with Crippen molar-refractivity contribution in [1.82, 2.24) is 10.2 Å².